The van der Waals surface area contributed by atoms with Gasteiger partial charge in [-0.15, -0.1) is 0 Å². The quantitative estimate of drug-likeness (QED) is 0.0295. The molecule has 0 unspecified atom stereocenters. The molecule has 0 aromatic carbocycles. The Labute approximate surface area is 349 Å². The first-order chi connectivity index (χ1) is 28.3. The van der Waals surface area contributed by atoms with Gasteiger partial charge in [0.1, 0.15) is 17.2 Å². The largest absolute Gasteiger partial charge is 0.458 e. The van der Waals surface area contributed by atoms with Crippen molar-refractivity contribution in [1.82, 2.24) is 10.6 Å². The molecular formula is C38H73N5O16. The van der Waals surface area contributed by atoms with Crippen LogP contribution in [0.5, 0.6) is 0 Å². The van der Waals surface area contributed by atoms with Crippen molar-refractivity contribution in [3.8, 4) is 0 Å². The van der Waals surface area contributed by atoms with Crippen molar-refractivity contribution in [2.24, 2.45) is 5.11 Å². The van der Waals surface area contributed by atoms with Gasteiger partial charge in [0, 0.05) is 24.4 Å². The zero-order valence-electron chi connectivity index (χ0n) is 36.3. The van der Waals surface area contributed by atoms with E-state index in [1.54, 1.807) is 41.5 Å². The minimum Gasteiger partial charge on any atom is -0.458 e. The van der Waals surface area contributed by atoms with E-state index in [9.17, 15) is 14.4 Å². The summed E-state index contributed by atoms with van der Waals surface area (Å²) in [7, 11) is 0. The Bertz CT molecular complexity index is 1070. The summed E-state index contributed by atoms with van der Waals surface area (Å²) < 4.78 is 70.4. The average Bonchev–Trinajstić information content (AvgIpc) is 3.16. The second-order valence-electron chi connectivity index (χ2n) is 14.3. The summed E-state index contributed by atoms with van der Waals surface area (Å²) in [5.74, 6) is -0.933. The number of hydrogen-bond acceptors (Lipinski definition) is 17. The van der Waals surface area contributed by atoms with E-state index in [2.05, 4.69) is 20.7 Å². The number of carbonyl (C=O) groups excluding carboxylic acids is 3. The van der Waals surface area contributed by atoms with Gasteiger partial charge in [0.05, 0.1) is 145 Å². The predicted molar refractivity (Wildman–Crippen MR) is 214 cm³/mol. The van der Waals surface area contributed by atoms with E-state index in [1.807, 2.05) is 0 Å². The summed E-state index contributed by atoms with van der Waals surface area (Å²) in [6, 6.07) is -1.03. The van der Waals surface area contributed by atoms with Gasteiger partial charge in [-0.05, 0) is 53.5 Å². The molecule has 0 aromatic rings. The first-order valence-corrected chi connectivity index (χ1v) is 20.2. The van der Waals surface area contributed by atoms with Crippen LogP contribution >= 0.6 is 0 Å². The fourth-order valence-corrected chi connectivity index (χ4v) is 4.15. The number of azide groups is 1. The number of hydrogen-bond donors (Lipinski definition) is 2. The molecule has 0 heterocycles. The van der Waals surface area contributed by atoms with Crippen LogP contribution in [0.3, 0.4) is 0 Å². The van der Waals surface area contributed by atoms with E-state index in [1.165, 1.54) is 0 Å². The number of amides is 2. The Hall–Kier alpha value is -2.92. The Kier molecular flexibility index (Phi) is 37.3. The second-order valence-corrected chi connectivity index (χ2v) is 14.3. The van der Waals surface area contributed by atoms with E-state index < -0.39 is 29.3 Å². The first kappa shape index (κ1) is 56.1. The predicted octanol–water partition coefficient (Wildman–Crippen LogP) is 2.61. The van der Waals surface area contributed by atoms with Gasteiger partial charge in [0.25, 0.3) is 0 Å². The van der Waals surface area contributed by atoms with Crippen molar-refractivity contribution in [3.05, 3.63) is 10.4 Å². The molecule has 0 rings (SSSR count). The van der Waals surface area contributed by atoms with Crippen LogP contribution in [0.2, 0.25) is 0 Å². The average molecular weight is 856 g/mol. The van der Waals surface area contributed by atoms with Crippen molar-refractivity contribution in [2.45, 2.75) is 71.6 Å². The minimum atomic E-state index is -1.03. The van der Waals surface area contributed by atoms with Gasteiger partial charge in [-0.2, -0.15) is 0 Å². The van der Waals surface area contributed by atoms with Gasteiger partial charge >= 0.3 is 12.1 Å². The summed E-state index contributed by atoms with van der Waals surface area (Å²) in [6.07, 6.45) is -0.722. The number of alkyl carbamates (subject to hydrolysis) is 1. The van der Waals surface area contributed by atoms with Crippen LogP contribution in [-0.2, 0) is 71.2 Å². The fourth-order valence-electron chi connectivity index (χ4n) is 4.15. The third-order valence-corrected chi connectivity index (χ3v) is 6.73. The Morgan fingerprint density at radius 3 is 1.15 bits per heavy atom. The normalized spacial score (nSPS) is 12.2. The van der Waals surface area contributed by atoms with E-state index >= 15 is 0 Å². The zero-order valence-corrected chi connectivity index (χ0v) is 36.3. The van der Waals surface area contributed by atoms with Gasteiger partial charge < -0.3 is 72.2 Å². The molecule has 2 amide bonds. The summed E-state index contributed by atoms with van der Waals surface area (Å²) in [5.41, 5.74) is 6.66. The molecule has 0 bridgehead atoms. The third kappa shape index (κ3) is 44.5. The van der Waals surface area contributed by atoms with Crippen LogP contribution in [0.1, 0.15) is 54.4 Å². The van der Waals surface area contributed by atoms with Crippen LogP contribution in [0.4, 0.5) is 4.79 Å². The van der Waals surface area contributed by atoms with Gasteiger partial charge in [-0.25, -0.2) is 9.59 Å². The van der Waals surface area contributed by atoms with E-state index in [0.29, 0.717) is 145 Å². The van der Waals surface area contributed by atoms with Crippen LogP contribution in [0, 0.1) is 0 Å². The highest BCUT2D eigenvalue weighted by atomic mass is 16.6. The molecule has 0 aliphatic rings. The van der Waals surface area contributed by atoms with Gasteiger partial charge in [-0.3, -0.25) is 4.79 Å². The molecule has 346 valence electrons. The maximum atomic E-state index is 12.6. The van der Waals surface area contributed by atoms with E-state index in [0.717, 1.165) is 0 Å². The Morgan fingerprint density at radius 1 is 0.508 bits per heavy atom. The highest BCUT2D eigenvalue weighted by molar-refractivity contribution is 5.83. The lowest BCUT2D eigenvalue weighted by atomic mass is 10.1. The molecule has 21 nitrogen and oxygen atoms in total. The van der Waals surface area contributed by atoms with E-state index in [4.69, 9.17) is 67.1 Å². The number of rotatable bonds is 41. The van der Waals surface area contributed by atoms with Gasteiger partial charge in [0.2, 0.25) is 5.91 Å². The number of ether oxygens (including phenoxy) is 13. The highest BCUT2D eigenvalue weighted by Crippen LogP contribution is 2.12. The van der Waals surface area contributed by atoms with Crippen LogP contribution < -0.4 is 10.6 Å². The molecule has 1 atom stereocenters. The molecule has 2 N–H and O–H groups in total. The molecule has 59 heavy (non-hydrogen) atoms. The Balaban J connectivity index is 3.46. The topological polar surface area (TPSA) is 244 Å². The molecule has 0 radical (unpaired) electrons. The zero-order chi connectivity index (χ0) is 43.7. The molecule has 0 aromatic heterocycles. The molecule has 21 heteroatoms. The molecule has 0 aliphatic heterocycles. The summed E-state index contributed by atoms with van der Waals surface area (Å²) in [4.78, 5) is 39.8. The summed E-state index contributed by atoms with van der Waals surface area (Å²) >= 11 is 0. The van der Waals surface area contributed by atoms with Gasteiger partial charge in [0.15, 0.2) is 0 Å². The lowest BCUT2D eigenvalue weighted by Gasteiger charge is -2.26. The maximum Gasteiger partial charge on any atom is 0.408 e. The number of nitrogens with zero attached hydrogens (tertiary/aromatic N) is 3. The highest BCUT2D eigenvalue weighted by Gasteiger charge is 2.29. The molecule has 0 saturated heterocycles. The molecule has 0 fully saturated rings. The van der Waals surface area contributed by atoms with Crippen molar-refractivity contribution in [1.29, 1.82) is 0 Å². The van der Waals surface area contributed by atoms with Gasteiger partial charge in [-0.1, -0.05) is 5.11 Å². The summed E-state index contributed by atoms with van der Waals surface area (Å²) in [5, 5.41) is 8.61. The molecular weight excluding hydrogens is 782 g/mol. The van der Waals surface area contributed by atoms with E-state index in [-0.39, 0.29) is 31.9 Å². The lowest BCUT2D eigenvalue weighted by Crippen LogP contribution is -2.46. The minimum absolute atomic E-state index is 0.00544. The monoisotopic (exact) mass is 856 g/mol. The van der Waals surface area contributed by atoms with Crippen molar-refractivity contribution >= 4 is 18.0 Å². The summed E-state index contributed by atoms with van der Waals surface area (Å²) in [6.45, 7) is 20.5. The number of esters is 1. The number of carbonyl (C=O) groups is 3. The standard InChI is InChI=1S/C38H73N5O16/c1-37(2,3)58-35(45)33(42-36(46)59-38(4,5)6)7-8-34(44)40-9-11-47-13-15-49-17-19-51-21-23-53-25-27-55-29-31-57-32-30-56-28-26-54-24-22-52-20-18-50-16-14-48-12-10-41-43-39/h33H,7-32H2,1-6H3,(H,40,44)(H,42,46)/t33-/m0/s1. The van der Waals surface area contributed by atoms with Crippen LogP contribution in [-0.4, -0.2) is 194 Å². The molecule has 0 saturated carbocycles. The van der Waals surface area contributed by atoms with Crippen LogP contribution in [0.15, 0.2) is 5.11 Å². The number of nitrogens with one attached hydrogen (secondary N) is 2. The Morgan fingerprint density at radius 2 is 0.831 bits per heavy atom. The SMILES string of the molecule is CC(C)(C)OC(=O)N[C@@H](CCC(=O)NCCOCCOCCOCCOCCOCCOCCOCCOCCOCCOCCOCCN=[N+]=[N-])C(=O)OC(C)(C)C. The fraction of sp³-hybridized carbons (Fsp3) is 0.921. The molecule has 0 aliphatic carbocycles. The van der Waals surface area contributed by atoms with Crippen LogP contribution in [0.25, 0.3) is 10.4 Å². The van der Waals surface area contributed by atoms with Crippen molar-refractivity contribution < 1.29 is 76.0 Å². The lowest BCUT2D eigenvalue weighted by molar-refractivity contribution is -0.157. The first-order valence-electron chi connectivity index (χ1n) is 20.2. The third-order valence-electron chi connectivity index (χ3n) is 6.73. The van der Waals surface area contributed by atoms with Crippen molar-refractivity contribution in [3.63, 3.8) is 0 Å². The second kappa shape index (κ2) is 39.2. The molecule has 0 spiro atoms. The van der Waals surface area contributed by atoms with Crippen molar-refractivity contribution in [2.75, 3.05) is 158 Å². The smallest absolute Gasteiger partial charge is 0.408 e. The maximum absolute atomic E-state index is 12.6.